The van der Waals surface area contributed by atoms with Crippen molar-refractivity contribution in [2.24, 2.45) is 11.3 Å². The second-order valence-corrected chi connectivity index (χ2v) is 5.15. The Morgan fingerprint density at radius 3 is 2.38 bits per heavy atom. The first kappa shape index (κ1) is 11.4. The number of rotatable bonds is 1. The molecule has 2 aliphatic rings. The monoisotopic (exact) mass is 225 g/mol. The first-order valence-electron chi connectivity index (χ1n) is 6.03. The van der Waals surface area contributed by atoms with Gasteiger partial charge in [0.2, 0.25) is 5.91 Å². The molecule has 4 nitrogen and oxygen atoms in total. The van der Waals surface area contributed by atoms with E-state index in [1.54, 1.807) is 6.92 Å². The lowest BCUT2D eigenvalue weighted by atomic mass is 9.70. The molecule has 1 saturated heterocycles. The van der Waals surface area contributed by atoms with Crippen molar-refractivity contribution in [3.8, 4) is 0 Å². The van der Waals surface area contributed by atoms with Crippen molar-refractivity contribution < 1.29 is 14.7 Å². The molecule has 4 heteroatoms. The SMILES string of the molecule is CC(=O)N1CCC2(CCCC2C(=O)O)CC1. The smallest absolute Gasteiger partial charge is 0.307 e. The molecule has 1 saturated carbocycles. The van der Waals surface area contributed by atoms with Gasteiger partial charge in [-0.25, -0.2) is 0 Å². The van der Waals surface area contributed by atoms with Gasteiger partial charge >= 0.3 is 5.97 Å². The van der Waals surface area contributed by atoms with E-state index in [4.69, 9.17) is 0 Å². The third-order valence-corrected chi connectivity index (χ3v) is 4.41. The largest absolute Gasteiger partial charge is 0.481 e. The molecule has 1 unspecified atom stereocenters. The highest BCUT2D eigenvalue weighted by Gasteiger charge is 2.48. The van der Waals surface area contributed by atoms with Crippen LogP contribution in [-0.4, -0.2) is 35.0 Å². The Morgan fingerprint density at radius 1 is 1.25 bits per heavy atom. The van der Waals surface area contributed by atoms with E-state index in [1.165, 1.54) is 0 Å². The summed E-state index contributed by atoms with van der Waals surface area (Å²) in [7, 11) is 0. The van der Waals surface area contributed by atoms with Gasteiger partial charge in [-0.2, -0.15) is 0 Å². The molecule has 1 N–H and O–H groups in total. The van der Waals surface area contributed by atoms with Gasteiger partial charge in [0.15, 0.2) is 0 Å². The molecule has 0 aromatic rings. The molecule has 2 rings (SSSR count). The Labute approximate surface area is 95.6 Å². The van der Waals surface area contributed by atoms with Gasteiger partial charge in [0.25, 0.3) is 0 Å². The Balaban J connectivity index is 2.05. The Bertz CT molecular complexity index is 305. The van der Waals surface area contributed by atoms with E-state index in [9.17, 15) is 14.7 Å². The normalized spacial score (nSPS) is 28.3. The molecule has 16 heavy (non-hydrogen) atoms. The predicted molar refractivity (Wildman–Crippen MR) is 58.9 cm³/mol. The van der Waals surface area contributed by atoms with E-state index >= 15 is 0 Å². The quantitative estimate of drug-likeness (QED) is 0.735. The van der Waals surface area contributed by atoms with Crippen molar-refractivity contribution in [3.63, 3.8) is 0 Å². The van der Waals surface area contributed by atoms with Gasteiger partial charge < -0.3 is 10.0 Å². The van der Waals surface area contributed by atoms with Crippen LogP contribution in [0.15, 0.2) is 0 Å². The molecule has 1 heterocycles. The van der Waals surface area contributed by atoms with Crippen LogP contribution < -0.4 is 0 Å². The molecular weight excluding hydrogens is 206 g/mol. The molecule has 1 amide bonds. The number of carboxylic acids is 1. The third-order valence-electron chi connectivity index (χ3n) is 4.41. The van der Waals surface area contributed by atoms with Gasteiger partial charge in [-0.3, -0.25) is 9.59 Å². The van der Waals surface area contributed by atoms with E-state index in [2.05, 4.69) is 0 Å². The van der Waals surface area contributed by atoms with Crippen LogP contribution in [0.1, 0.15) is 39.0 Å². The Kier molecular flexibility index (Phi) is 2.91. The minimum Gasteiger partial charge on any atom is -0.481 e. The van der Waals surface area contributed by atoms with Gasteiger partial charge in [0.1, 0.15) is 0 Å². The highest BCUT2D eigenvalue weighted by atomic mass is 16.4. The average Bonchev–Trinajstić information content (AvgIpc) is 2.62. The molecule has 0 aromatic heterocycles. The van der Waals surface area contributed by atoms with E-state index < -0.39 is 5.97 Å². The number of carbonyl (C=O) groups excluding carboxylic acids is 1. The summed E-state index contributed by atoms with van der Waals surface area (Å²) in [5.74, 6) is -0.713. The van der Waals surface area contributed by atoms with Gasteiger partial charge in [-0.15, -0.1) is 0 Å². The molecule has 0 bridgehead atoms. The number of amides is 1. The number of piperidine rings is 1. The number of aliphatic carboxylic acids is 1. The van der Waals surface area contributed by atoms with Crippen LogP contribution in [0.5, 0.6) is 0 Å². The number of hydrogen-bond acceptors (Lipinski definition) is 2. The molecule has 1 aliphatic heterocycles. The first-order valence-corrected chi connectivity index (χ1v) is 6.03. The number of carboxylic acid groups (broad SMARTS) is 1. The summed E-state index contributed by atoms with van der Waals surface area (Å²) in [6.45, 7) is 3.06. The van der Waals surface area contributed by atoms with E-state index in [0.717, 1.165) is 45.2 Å². The molecule has 1 spiro atoms. The maximum atomic E-state index is 11.2. The zero-order chi connectivity index (χ0) is 11.8. The van der Waals surface area contributed by atoms with E-state index in [-0.39, 0.29) is 17.2 Å². The van der Waals surface area contributed by atoms with Crippen molar-refractivity contribution in [3.05, 3.63) is 0 Å². The van der Waals surface area contributed by atoms with Gasteiger partial charge in [0, 0.05) is 20.0 Å². The molecule has 90 valence electrons. The first-order chi connectivity index (χ1) is 7.55. The van der Waals surface area contributed by atoms with Crippen molar-refractivity contribution >= 4 is 11.9 Å². The zero-order valence-electron chi connectivity index (χ0n) is 9.74. The fraction of sp³-hybridized carbons (Fsp3) is 0.833. The van der Waals surface area contributed by atoms with Crippen LogP contribution in [0.4, 0.5) is 0 Å². The fourth-order valence-corrected chi connectivity index (χ4v) is 3.39. The van der Waals surface area contributed by atoms with Gasteiger partial charge in [-0.05, 0) is 31.1 Å². The highest BCUT2D eigenvalue weighted by molar-refractivity contribution is 5.74. The second-order valence-electron chi connectivity index (χ2n) is 5.15. The second kappa shape index (κ2) is 4.07. The maximum Gasteiger partial charge on any atom is 0.307 e. The van der Waals surface area contributed by atoms with Crippen molar-refractivity contribution in [1.82, 2.24) is 4.90 Å². The number of likely N-dealkylation sites (tertiary alicyclic amines) is 1. The average molecular weight is 225 g/mol. The predicted octanol–water partition coefficient (Wildman–Crippen LogP) is 1.50. The summed E-state index contributed by atoms with van der Waals surface area (Å²) < 4.78 is 0. The number of nitrogens with zero attached hydrogens (tertiary/aromatic N) is 1. The lowest BCUT2D eigenvalue weighted by molar-refractivity contribution is -0.147. The topological polar surface area (TPSA) is 57.6 Å². The molecule has 0 aromatic carbocycles. The van der Waals surface area contributed by atoms with Crippen LogP contribution in [0.25, 0.3) is 0 Å². The van der Waals surface area contributed by atoms with E-state index in [0.29, 0.717) is 0 Å². The van der Waals surface area contributed by atoms with Crippen molar-refractivity contribution in [2.45, 2.75) is 39.0 Å². The maximum absolute atomic E-state index is 11.2. The van der Waals surface area contributed by atoms with Crippen LogP contribution >= 0.6 is 0 Å². The molecule has 1 aliphatic carbocycles. The summed E-state index contributed by atoms with van der Waals surface area (Å²) in [5, 5.41) is 9.23. The van der Waals surface area contributed by atoms with Crippen LogP contribution in [-0.2, 0) is 9.59 Å². The fourth-order valence-electron chi connectivity index (χ4n) is 3.39. The third kappa shape index (κ3) is 1.81. The zero-order valence-corrected chi connectivity index (χ0v) is 9.74. The lowest BCUT2D eigenvalue weighted by Crippen LogP contribution is -2.45. The van der Waals surface area contributed by atoms with Crippen LogP contribution in [0.2, 0.25) is 0 Å². The van der Waals surface area contributed by atoms with E-state index in [1.807, 2.05) is 4.90 Å². The minimum atomic E-state index is -0.645. The highest BCUT2D eigenvalue weighted by Crippen LogP contribution is 2.50. The van der Waals surface area contributed by atoms with Crippen molar-refractivity contribution in [1.29, 1.82) is 0 Å². The summed E-state index contributed by atoms with van der Waals surface area (Å²) in [5.41, 5.74) is -0.0161. The van der Waals surface area contributed by atoms with Gasteiger partial charge in [0.05, 0.1) is 5.92 Å². The summed E-state index contributed by atoms with van der Waals surface area (Å²) in [4.78, 5) is 24.3. The Hall–Kier alpha value is -1.06. The van der Waals surface area contributed by atoms with Gasteiger partial charge in [-0.1, -0.05) is 6.42 Å². The molecule has 0 radical (unpaired) electrons. The summed E-state index contributed by atoms with van der Waals surface area (Å²) in [6, 6.07) is 0. The minimum absolute atomic E-state index is 0.0161. The number of carbonyl (C=O) groups is 2. The van der Waals surface area contributed by atoms with Crippen LogP contribution in [0, 0.1) is 11.3 Å². The summed E-state index contributed by atoms with van der Waals surface area (Å²) in [6.07, 6.45) is 4.59. The molecular formula is C12H19NO3. The standard InChI is InChI=1S/C12H19NO3/c1-9(14)13-7-5-12(6-8-13)4-2-3-10(12)11(15)16/h10H,2-8H2,1H3,(H,15,16). The lowest BCUT2D eigenvalue weighted by Gasteiger charge is -2.41. The molecule has 1 atom stereocenters. The number of hydrogen-bond donors (Lipinski definition) is 1. The summed E-state index contributed by atoms with van der Waals surface area (Å²) >= 11 is 0. The van der Waals surface area contributed by atoms with Crippen LogP contribution in [0.3, 0.4) is 0 Å². The molecule has 2 fully saturated rings. The van der Waals surface area contributed by atoms with Crippen molar-refractivity contribution in [2.75, 3.05) is 13.1 Å². The Morgan fingerprint density at radius 2 is 1.88 bits per heavy atom.